The third-order valence-electron chi connectivity index (χ3n) is 3.01. The first kappa shape index (κ1) is 15.3. The van der Waals surface area contributed by atoms with Gasteiger partial charge in [0.05, 0.1) is 11.5 Å². The minimum Gasteiger partial charge on any atom is -0.399 e. The van der Waals surface area contributed by atoms with Crippen LogP contribution >= 0.6 is 12.4 Å². The van der Waals surface area contributed by atoms with E-state index in [0.29, 0.717) is 12.3 Å². The highest BCUT2D eigenvalue weighted by Gasteiger charge is 2.18. The number of halogens is 1. The van der Waals surface area contributed by atoms with Crippen LogP contribution in [-0.2, 0) is 16.4 Å². The van der Waals surface area contributed by atoms with Gasteiger partial charge in [-0.1, -0.05) is 12.1 Å². The zero-order chi connectivity index (χ0) is 12.3. The molecule has 1 aliphatic rings. The van der Waals surface area contributed by atoms with Crippen molar-refractivity contribution in [1.29, 1.82) is 0 Å². The molecule has 1 aromatic rings. The average molecular weight is 291 g/mol. The number of anilines is 1. The number of nitrogens with two attached hydrogens (primary N) is 1. The molecule has 1 aliphatic heterocycles. The van der Waals surface area contributed by atoms with Gasteiger partial charge in [0.25, 0.3) is 0 Å². The van der Waals surface area contributed by atoms with Gasteiger partial charge in [-0.3, -0.25) is 4.90 Å². The largest absolute Gasteiger partial charge is 0.399 e. The Labute approximate surface area is 114 Å². The molecule has 0 radical (unpaired) electrons. The number of sulfone groups is 1. The number of benzene rings is 1. The van der Waals surface area contributed by atoms with E-state index in [0.717, 1.165) is 30.8 Å². The van der Waals surface area contributed by atoms with Gasteiger partial charge in [0.2, 0.25) is 0 Å². The monoisotopic (exact) mass is 290 g/mol. The Kier molecular flexibility index (Phi) is 5.44. The number of hydrogen-bond acceptors (Lipinski definition) is 4. The summed E-state index contributed by atoms with van der Waals surface area (Å²) in [6.45, 7) is 2.24. The Hall–Kier alpha value is -0.780. The topological polar surface area (TPSA) is 63.4 Å². The molecule has 1 aromatic carbocycles. The van der Waals surface area contributed by atoms with Crippen LogP contribution in [0.3, 0.4) is 0 Å². The molecule has 0 unspecified atom stereocenters. The van der Waals surface area contributed by atoms with E-state index in [2.05, 4.69) is 4.90 Å². The van der Waals surface area contributed by atoms with Crippen molar-refractivity contribution in [1.82, 2.24) is 4.90 Å². The van der Waals surface area contributed by atoms with Crippen molar-refractivity contribution < 1.29 is 8.42 Å². The van der Waals surface area contributed by atoms with Gasteiger partial charge in [0.1, 0.15) is 0 Å². The van der Waals surface area contributed by atoms with Gasteiger partial charge >= 0.3 is 0 Å². The first-order chi connectivity index (χ1) is 8.05. The number of rotatable bonds is 2. The van der Waals surface area contributed by atoms with Crippen LogP contribution in [0.5, 0.6) is 0 Å². The van der Waals surface area contributed by atoms with E-state index in [9.17, 15) is 8.42 Å². The summed E-state index contributed by atoms with van der Waals surface area (Å²) in [6.07, 6.45) is 0.727. The lowest BCUT2D eigenvalue weighted by atomic mass is 10.2. The number of hydrogen-bond donors (Lipinski definition) is 1. The van der Waals surface area contributed by atoms with Crippen LogP contribution in [0.1, 0.15) is 12.0 Å². The maximum absolute atomic E-state index is 11.5. The van der Waals surface area contributed by atoms with Crippen molar-refractivity contribution in [2.24, 2.45) is 0 Å². The SMILES string of the molecule is Cl.Nc1cccc(CN2CCCS(=O)(=O)CC2)c1. The van der Waals surface area contributed by atoms with Crippen LogP contribution in [0.25, 0.3) is 0 Å². The molecule has 4 nitrogen and oxygen atoms in total. The molecule has 1 saturated heterocycles. The Bertz CT molecular complexity index is 491. The molecule has 0 bridgehead atoms. The lowest BCUT2D eigenvalue weighted by Crippen LogP contribution is -2.26. The average Bonchev–Trinajstić information content (AvgIpc) is 2.41. The van der Waals surface area contributed by atoms with Gasteiger partial charge in [-0.15, -0.1) is 12.4 Å². The van der Waals surface area contributed by atoms with Crippen molar-refractivity contribution >= 4 is 27.9 Å². The predicted molar refractivity (Wildman–Crippen MR) is 76.7 cm³/mol. The highest BCUT2D eigenvalue weighted by atomic mass is 35.5. The molecule has 102 valence electrons. The van der Waals surface area contributed by atoms with Crippen molar-refractivity contribution in [3.8, 4) is 0 Å². The van der Waals surface area contributed by atoms with Gasteiger partial charge < -0.3 is 5.73 Å². The molecule has 0 aromatic heterocycles. The molecule has 18 heavy (non-hydrogen) atoms. The summed E-state index contributed by atoms with van der Waals surface area (Å²) in [6, 6.07) is 7.75. The lowest BCUT2D eigenvalue weighted by molar-refractivity contribution is 0.287. The fourth-order valence-electron chi connectivity index (χ4n) is 2.10. The van der Waals surface area contributed by atoms with Crippen molar-refractivity contribution in [2.75, 3.05) is 30.3 Å². The van der Waals surface area contributed by atoms with E-state index in [-0.39, 0.29) is 18.2 Å². The minimum atomic E-state index is -2.82. The number of nitrogen functional groups attached to an aromatic ring is 1. The van der Waals surface area contributed by atoms with E-state index < -0.39 is 9.84 Å². The third kappa shape index (κ3) is 4.48. The molecule has 0 spiro atoms. The fourth-order valence-corrected chi connectivity index (χ4v) is 3.41. The minimum absolute atomic E-state index is 0. The molecule has 1 heterocycles. The molecule has 2 N–H and O–H groups in total. The van der Waals surface area contributed by atoms with Gasteiger partial charge in [-0.2, -0.15) is 0 Å². The Balaban J connectivity index is 0.00000162. The Morgan fingerprint density at radius 2 is 2.00 bits per heavy atom. The summed E-state index contributed by atoms with van der Waals surface area (Å²) in [4.78, 5) is 2.18. The Morgan fingerprint density at radius 3 is 2.72 bits per heavy atom. The lowest BCUT2D eigenvalue weighted by Gasteiger charge is -2.19. The van der Waals surface area contributed by atoms with Crippen molar-refractivity contribution in [3.63, 3.8) is 0 Å². The van der Waals surface area contributed by atoms with Crippen LogP contribution in [0.4, 0.5) is 5.69 Å². The second kappa shape index (κ2) is 6.41. The second-order valence-electron chi connectivity index (χ2n) is 4.53. The van der Waals surface area contributed by atoms with Crippen LogP contribution in [0.15, 0.2) is 24.3 Å². The van der Waals surface area contributed by atoms with Gasteiger partial charge in [0.15, 0.2) is 9.84 Å². The summed E-state index contributed by atoms with van der Waals surface area (Å²) < 4.78 is 23.0. The first-order valence-electron chi connectivity index (χ1n) is 5.82. The summed E-state index contributed by atoms with van der Waals surface area (Å²) >= 11 is 0. The highest BCUT2D eigenvalue weighted by molar-refractivity contribution is 7.91. The predicted octanol–water partition coefficient (Wildman–Crippen LogP) is 1.31. The van der Waals surface area contributed by atoms with Crippen LogP contribution in [0, 0.1) is 0 Å². The molecule has 0 amide bonds. The maximum Gasteiger partial charge on any atom is 0.151 e. The maximum atomic E-state index is 11.5. The van der Waals surface area contributed by atoms with Crippen LogP contribution in [-0.4, -0.2) is 37.9 Å². The summed E-state index contributed by atoms with van der Waals surface area (Å²) in [5.41, 5.74) is 7.62. The number of nitrogens with zero attached hydrogens (tertiary/aromatic N) is 1. The van der Waals surface area contributed by atoms with Gasteiger partial charge in [-0.05, 0) is 30.7 Å². The smallest absolute Gasteiger partial charge is 0.151 e. The summed E-state index contributed by atoms with van der Waals surface area (Å²) in [5.74, 6) is 0.593. The Morgan fingerprint density at radius 1 is 1.22 bits per heavy atom. The summed E-state index contributed by atoms with van der Waals surface area (Å²) in [7, 11) is -2.82. The second-order valence-corrected chi connectivity index (χ2v) is 6.83. The van der Waals surface area contributed by atoms with E-state index in [1.807, 2.05) is 24.3 Å². The molecule has 2 rings (SSSR count). The fraction of sp³-hybridized carbons (Fsp3) is 0.500. The standard InChI is InChI=1S/C12H18N2O2S.ClH/c13-12-4-1-3-11(9-12)10-14-5-2-7-17(15,16)8-6-14;/h1,3-4,9H,2,5-8,10,13H2;1H. The van der Waals surface area contributed by atoms with Crippen molar-refractivity contribution in [3.05, 3.63) is 29.8 Å². The van der Waals surface area contributed by atoms with E-state index in [1.165, 1.54) is 0 Å². The zero-order valence-corrected chi connectivity index (χ0v) is 11.8. The first-order valence-corrected chi connectivity index (χ1v) is 7.64. The van der Waals surface area contributed by atoms with E-state index in [4.69, 9.17) is 5.73 Å². The normalized spacial score (nSPS) is 19.8. The van der Waals surface area contributed by atoms with E-state index in [1.54, 1.807) is 0 Å². The third-order valence-corrected chi connectivity index (χ3v) is 4.72. The molecular formula is C12H19ClN2O2S. The van der Waals surface area contributed by atoms with Crippen LogP contribution in [0.2, 0.25) is 0 Å². The quantitative estimate of drug-likeness (QED) is 0.834. The van der Waals surface area contributed by atoms with E-state index >= 15 is 0 Å². The zero-order valence-electron chi connectivity index (χ0n) is 10.2. The summed E-state index contributed by atoms with van der Waals surface area (Å²) in [5, 5.41) is 0. The highest BCUT2D eigenvalue weighted by Crippen LogP contribution is 2.12. The molecular weight excluding hydrogens is 272 g/mol. The van der Waals surface area contributed by atoms with Gasteiger partial charge in [-0.25, -0.2) is 8.42 Å². The molecule has 0 saturated carbocycles. The molecule has 6 heteroatoms. The molecule has 0 aliphatic carbocycles. The van der Waals surface area contributed by atoms with Crippen molar-refractivity contribution in [2.45, 2.75) is 13.0 Å². The molecule has 0 atom stereocenters. The van der Waals surface area contributed by atoms with Gasteiger partial charge in [0, 0.05) is 18.8 Å². The molecule has 1 fully saturated rings. The van der Waals surface area contributed by atoms with Crippen LogP contribution < -0.4 is 5.73 Å².